The van der Waals surface area contributed by atoms with E-state index in [0.29, 0.717) is 26.9 Å². The Balaban J connectivity index is 2.49. The van der Waals surface area contributed by atoms with Gasteiger partial charge in [-0.25, -0.2) is 0 Å². The summed E-state index contributed by atoms with van der Waals surface area (Å²) in [5.74, 6) is -0.168. The van der Waals surface area contributed by atoms with Crippen molar-refractivity contribution in [3.05, 3.63) is 25.5 Å². The van der Waals surface area contributed by atoms with Gasteiger partial charge in [-0.2, -0.15) is 0 Å². The normalized spacial score (nSPS) is 16.6. The van der Waals surface area contributed by atoms with Gasteiger partial charge in [0.25, 0.3) is 11.1 Å². The van der Waals surface area contributed by atoms with Gasteiger partial charge in [-0.1, -0.05) is 0 Å². The predicted molar refractivity (Wildman–Crippen MR) is 83.8 cm³/mol. The van der Waals surface area contributed by atoms with Gasteiger partial charge in [0.15, 0.2) is 11.5 Å². The van der Waals surface area contributed by atoms with E-state index in [2.05, 4.69) is 37.2 Å². The van der Waals surface area contributed by atoms with Gasteiger partial charge in [0.2, 0.25) is 0 Å². The molecule has 0 aromatic heterocycles. The highest BCUT2D eigenvalue weighted by molar-refractivity contribution is 9.13. The number of hydrogen-bond acceptors (Lipinski definition) is 5. The number of rotatable bonds is 3. The van der Waals surface area contributed by atoms with E-state index in [9.17, 15) is 14.7 Å². The monoisotopic (exact) mass is 421 g/mol. The van der Waals surface area contributed by atoms with Crippen molar-refractivity contribution < 1.29 is 19.4 Å². The van der Waals surface area contributed by atoms with E-state index in [-0.39, 0.29) is 10.7 Å². The number of phenolic OH excluding ortho intramolecular Hbond substituents is 1. The van der Waals surface area contributed by atoms with E-state index in [1.807, 2.05) is 0 Å². The molecule has 1 heterocycles. The Kier molecular flexibility index (Phi) is 4.77. The highest BCUT2D eigenvalue weighted by Crippen LogP contribution is 2.43. The molecule has 8 heteroatoms. The highest BCUT2D eigenvalue weighted by atomic mass is 79.9. The number of imide groups is 1. The van der Waals surface area contributed by atoms with Crippen molar-refractivity contribution in [1.29, 1.82) is 0 Å². The molecule has 0 saturated carbocycles. The average molecular weight is 423 g/mol. The molecule has 1 aliphatic heterocycles. The second-order valence-corrected chi connectivity index (χ2v) is 6.33. The Bertz CT molecular complexity index is 630. The number of carbonyl (C=O) groups is 2. The quantitative estimate of drug-likeness (QED) is 0.727. The number of phenols is 1. The number of benzene rings is 1. The fourth-order valence-electron chi connectivity index (χ4n) is 1.54. The maximum absolute atomic E-state index is 11.5. The van der Waals surface area contributed by atoms with Gasteiger partial charge in [-0.15, -0.1) is 0 Å². The van der Waals surface area contributed by atoms with Crippen LogP contribution in [0.15, 0.2) is 19.9 Å². The lowest BCUT2D eigenvalue weighted by molar-refractivity contribution is -0.115. The van der Waals surface area contributed by atoms with E-state index in [1.165, 1.54) is 0 Å². The first-order chi connectivity index (χ1) is 9.43. The minimum atomic E-state index is -0.436. The number of ether oxygens (including phenoxy) is 1. The summed E-state index contributed by atoms with van der Waals surface area (Å²) < 4.78 is 6.31. The second kappa shape index (κ2) is 6.19. The van der Waals surface area contributed by atoms with Gasteiger partial charge < -0.3 is 9.84 Å². The van der Waals surface area contributed by atoms with Crippen LogP contribution in [0.4, 0.5) is 4.79 Å². The van der Waals surface area contributed by atoms with Crippen LogP contribution in [-0.2, 0) is 4.79 Å². The number of hydrogen-bond donors (Lipinski definition) is 2. The van der Waals surface area contributed by atoms with E-state index < -0.39 is 11.1 Å². The molecule has 1 aliphatic rings. The van der Waals surface area contributed by atoms with Crippen LogP contribution in [0, 0.1) is 0 Å². The Morgan fingerprint density at radius 3 is 2.65 bits per heavy atom. The first kappa shape index (κ1) is 15.4. The maximum Gasteiger partial charge on any atom is 0.290 e. The fraction of sp³-hybridized carbons (Fsp3) is 0.167. The smallest absolute Gasteiger partial charge is 0.290 e. The zero-order valence-electron chi connectivity index (χ0n) is 10.2. The average Bonchev–Trinajstić information content (AvgIpc) is 2.71. The van der Waals surface area contributed by atoms with E-state index in [4.69, 9.17) is 4.74 Å². The minimum absolute atomic E-state index is 0.0273. The van der Waals surface area contributed by atoms with Crippen LogP contribution in [-0.4, -0.2) is 22.9 Å². The molecule has 0 radical (unpaired) electrons. The molecular weight excluding hydrogens is 414 g/mol. The lowest BCUT2D eigenvalue weighted by atomic mass is 10.2. The third-order valence-corrected chi connectivity index (χ3v) is 5.37. The van der Waals surface area contributed by atoms with Gasteiger partial charge in [0, 0.05) is 4.47 Å². The summed E-state index contributed by atoms with van der Waals surface area (Å²) >= 11 is 7.40. The summed E-state index contributed by atoms with van der Waals surface area (Å²) in [5.41, 5.74) is 0.616. The number of amides is 2. The molecule has 2 amide bonds. The molecule has 0 aliphatic carbocycles. The third-order valence-electron chi connectivity index (χ3n) is 2.40. The highest BCUT2D eigenvalue weighted by Gasteiger charge is 2.26. The molecule has 20 heavy (non-hydrogen) atoms. The molecule has 5 nitrogen and oxygen atoms in total. The summed E-state index contributed by atoms with van der Waals surface area (Å²) in [5, 5.41) is 11.7. The van der Waals surface area contributed by atoms with Crippen LogP contribution < -0.4 is 10.1 Å². The minimum Gasteiger partial charge on any atom is -0.503 e. The molecule has 0 spiro atoms. The standard InChI is InChI=1S/C12H9Br2NO4S/c1-2-19-6-3-5(8(13)9(14)10(6)16)4-7-11(17)15-12(18)20-7/h3-4,16H,2H2,1H3,(H,15,17,18)/b7-4-. The molecule has 0 unspecified atom stereocenters. The molecular formula is C12H9Br2NO4S. The zero-order chi connectivity index (χ0) is 14.9. The first-order valence-corrected chi connectivity index (χ1v) is 7.93. The SMILES string of the molecule is CCOc1cc(/C=C2\SC(=O)NC2=O)c(Br)c(Br)c1O. The van der Waals surface area contributed by atoms with Crippen molar-refractivity contribution in [2.24, 2.45) is 0 Å². The van der Waals surface area contributed by atoms with E-state index >= 15 is 0 Å². The number of aromatic hydroxyl groups is 1. The van der Waals surface area contributed by atoms with Crippen molar-refractivity contribution in [3.63, 3.8) is 0 Å². The Hall–Kier alpha value is -0.990. The molecule has 0 bridgehead atoms. The number of carbonyl (C=O) groups excluding carboxylic acids is 2. The molecule has 2 rings (SSSR count). The molecule has 1 fully saturated rings. The van der Waals surface area contributed by atoms with Crippen LogP contribution >= 0.6 is 43.6 Å². The molecule has 1 saturated heterocycles. The van der Waals surface area contributed by atoms with E-state index in [1.54, 1.807) is 19.1 Å². The fourth-order valence-corrected chi connectivity index (χ4v) is 3.06. The molecule has 106 valence electrons. The van der Waals surface area contributed by atoms with Crippen LogP contribution in [0.1, 0.15) is 12.5 Å². The summed E-state index contributed by atoms with van der Waals surface area (Å²) in [7, 11) is 0. The second-order valence-electron chi connectivity index (χ2n) is 3.73. The Labute approximate surface area is 136 Å². The van der Waals surface area contributed by atoms with Crippen molar-refractivity contribution in [3.8, 4) is 11.5 Å². The van der Waals surface area contributed by atoms with Gasteiger partial charge in [-0.3, -0.25) is 14.9 Å². The number of nitrogens with one attached hydrogen (secondary N) is 1. The van der Waals surface area contributed by atoms with Crippen molar-refractivity contribution >= 4 is 60.8 Å². The van der Waals surface area contributed by atoms with Crippen LogP contribution in [0.25, 0.3) is 6.08 Å². The lowest BCUT2D eigenvalue weighted by Gasteiger charge is -2.11. The molecule has 1 aromatic carbocycles. The topological polar surface area (TPSA) is 75.6 Å². The Morgan fingerprint density at radius 1 is 1.40 bits per heavy atom. The molecule has 1 aromatic rings. The van der Waals surface area contributed by atoms with Crippen LogP contribution in [0.3, 0.4) is 0 Å². The van der Waals surface area contributed by atoms with Crippen molar-refractivity contribution in [1.82, 2.24) is 5.32 Å². The third kappa shape index (κ3) is 3.02. The lowest BCUT2D eigenvalue weighted by Crippen LogP contribution is -2.17. The van der Waals surface area contributed by atoms with Gasteiger partial charge in [0.1, 0.15) is 0 Å². The van der Waals surface area contributed by atoms with Crippen LogP contribution in [0.5, 0.6) is 11.5 Å². The molecule has 2 N–H and O–H groups in total. The predicted octanol–water partition coefficient (Wildman–Crippen LogP) is 3.64. The van der Waals surface area contributed by atoms with E-state index in [0.717, 1.165) is 11.8 Å². The van der Waals surface area contributed by atoms with Crippen molar-refractivity contribution in [2.45, 2.75) is 6.92 Å². The number of halogens is 2. The maximum atomic E-state index is 11.5. The largest absolute Gasteiger partial charge is 0.503 e. The van der Waals surface area contributed by atoms with Gasteiger partial charge in [-0.05, 0) is 68.3 Å². The summed E-state index contributed by atoms with van der Waals surface area (Å²) in [6, 6.07) is 1.59. The zero-order valence-corrected chi connectivity index (χ0v) is 14.2. The number of thioether (sulfide) groups is 1. The summed E-state index contributed by atoms with van der Waals surface area (Å²) in [6.07, 6.45) is 1.56. The van der Waals surface area contributed by atoms with Gasteiger partial charge in [0.05, 0.1) is 16.0 Å². The first-order valence-electron chi connectivity index (χ1n) is 5.52. The summed E-state index contributed by atoms with van der Waals surface area (Å²) in [4.78, 5) is 23.0. The Morgan fingerprint density at radius 2 is 2.10 bits per heavy atom. The van der Waals surface area contributed by atoms with Gasteiger partial charge >= 0.3 is 0 Å². The summed E-state index contributed by atoms with van der Waals surface area (Å²) in [6.45, 7) is 2.19. The molecule has 0 atom stereocenters. The van der Waals surface area contributed by atoms with Crippen molar-refractivity contribution in [2.75, 3.05) is 6.61 Å². The van der Waals surface area contributed by atoms with Crippen LogP contribution in [0.2, 0.25) is 0 Å².